The highest BCUT2D eigenvalue weighted by molar-refractivity contribution is 5.96. The summed E-state index contributed by atoms with van der Waals surface area (Å²) in [6, 6.07) is 13.0. The van der Waals surface area contributed by atoms with Crippen LogP contribution in [0.15, 0.2) is 51.7 Å². The van der Waals surface area contributed by atoms with E-state index in [-0.39, 0.29) is 5.78 Å². The molecule has 1 aromatic heterocycles. The van der Waals surface area contributed by atoms with Crippen molar-refractivity contribution in [2.45, 2.75) is 33.2 Å². The summed E-state index contributed by atoms with van der Waals surface area (Å²) in [6.45, 7) is 6.49. The van der Waals surface area contributed by atoms with Gasteiger partial charge in [-0.3, -0.25) is 9.36 Å². The highest BCUT2D eigenvalue weighted by Crippen LogP contribution is 2.19. The standard InChI is InChI=1S/C20H21NO4/c1-13(2)15-4-7-17(8-5-15)24-11-10-21-18-9-6-16(14(3)22)12-19(18)25-20(21)23/h4-9,12-13H,10-11H2,1-3H3. The van der Waals surface area contributed by atoms with E-state index in [4.69, 9.17) is 9.15 Å². The molecule has 5 nitrogen and oxygen atoms in total. The molecule has 25 heavy (non-hydrogen) atoms. The van der Waals surface area contributed by atoms with Crippen LogP contribution in [-0.4, -0.2) is 17.0 Å². The average molecular weight is 339 g/mol. The number of nitrogens with zero attached hydrogens (tertiary/aromatic N) is 1. The van der Waals surface area contributed by atoms with E-state index < -0.39 is 5.76 Å². The number of hydrogen-bond donors (Lipinski definition) is 0. The fraction of sp³-hybridized carbons (Fsp3) is 0.300. The van der Waals surface area contributed by atoms with Crippen molar-refractivity contribution in [2.75, 3.05) is 6.61 Å². The Kier molecular flexibility index (Phi) is 4.74. The van der Waals surface area contributed by atoms with Crippen LogP contribution in [0.1, 0.15) is 42.6 Å². The number of rotatable bonds is 6. The Morgan fingerprint density at radius 2 is 1.88 bits per heavy atom. The summed E-state index contributed by atoms with van der Waals surface area (Å²) in [5.41, 5.74) is 2.85. The van der Waals surface area contributed by atoms with Crippen LogP contribution in [-0.2, 0) is 6.54 Å². The molecule has 0 radical (unpaired) electrons. The minimum Gasteiger partial charge on any atom is -0.492 e. The van der Waals surface area contributed by atoms with Gasteiger partial charge in [-0.2, -0.15) is 0 Å². The molecule has 130 valence electrons. The topological polar surface area (TPSA) is 61.4 Å². The SMILES string of the molecule is CC(=O)c1ccc2c(c1)oc(=O)n2CCOc1ccc(C(C)C)cc1. The molecule has 0 aliphatic heterocycles. The Bertz CT molecular complexity index is 948. The van der Waals surface area contributed by atoms with Gasteiger partial charge in [0.1, 0.15) is 12.4 Å². The number of ether oxygens (including phenoxy) is 1. The first kappa shape index (κ1) is 17.0. The van der Waals surface area contributed by atoms with Crippen LogP contribution in [0.4, 0.5) is 0 Å². The second-order valence-electron chi connectivity index (χ2n) is 6.33. The molecule has 0 N–H and O–H groups in total. The molecule has 1 heterocycles. The van der Waals surface area contributed by atoms with Gasteiger partial charge in [0, 0.05) is 5.56 Å². The highest BCUT2D eigenvalue weighted by atomic mass is 16.5. The number of carbonyl (C=O) groups excluding carboxylic acids is 1. The molecule has 0 fully saturated rings. The predicted molar refractivity (Wildman–Crippen MR) is 96.5 cm³/mol. The minimum absolute atomic E-state index is 0.0644. The zero-order valence-corrected chi connectivity index (χ0v) is 14.6. The monoisotopic (exact) mass is 339 g/mol. The number of carbonyl (C=O) groups is 1. The summed E-state index contributed by atoms with van der Waals surface area (Å²) in [5.74, 6) is 0.730. The second-order valence-corrected chi connectivity index (χ2v) is 6.33. The Balaban J connectivity index is 1.71. The molecule has 0 aliphatic rings. The van der Waals surface area contributed by atoms with Crippen molar-refractivity contribution in [3.05, 3.63) is 64.1 Å². The van der Waals surface area contributed by atoms with E-state index in [9.17, 15) is 9.59 Å². The van der Waals surface area contributed by atoms with Crippen molar-refractivity contribution < 1.29 is 13.9 Å². The van der Waals surface area contributed by atoms with Crippen molar-refractivity contribution in [1.82, 2.24) is 4.57 Å². The molecule has 0 saturated carbocycles. The van der Waals surface area contributed by atoms with Gasteiger partial charge in [0.25, 0.3) is 0 Å². The van der Waals surface area contributed by atoms with Gasteiger partial charge in [0.15, 0.2) is 11.4 Å². The van der Waals surface area contributed by atoms with E-state index in [1.165, 1.54) is 17.1 Å². The maximum atomic E-state index is 12.0. The van der Waals surface area contributed by atoms with Gasteiger partial charge < -0.3 is 9.15 Å². The van der Waals surface area contributed by atoms with Gasteiger partial charge in [0.05, 0.1) is 12.1 Å². The van der Waals surface area contributed by atoms with Gasteiger partial charge in [-0.15, -0.1) is 0 Å². The third-order valence-electron chi connectivity index (χ3n) is 4.21. The Hall–Kier alpha value is -2.82. The van der Waals surface area contributed by atoms with E-state index in [2.05, 4.69) is 13.8 Å². The van der Waals surface area contributed by atoms with Gasteiger partial charge >= 0.3 is 5.76 Å². The van der Waals surface area contributed by atoms with Crippen molar-refractivity contribution >= 4 is 16.9 Å². The first-order valence-electron chi connectivity index (χ1n) is 8.33. The minimum atomic E-state index is -0.450. The maximum Gasteiger partial charge on any atom is 0.420 e. The van der Waals surface area contributed by atoms with Crippen LogP contribution < -0.4 is 10.5 Å². The Labute approximate surface area is 145 Å². The Morgan fingerprint density at radius 1 is 1.16 bits per heavy atom. The van der Waals surface area contributed by atoms with Crippen LogP contribution in [0.3, 0.4) is 0 Å². The van der Waals surface area contributed by atoms with Gasteiger partial charge in [0.2, 0.25) is 0 Å². The molecule has 2 aromatic carbocycles. The average Bonchev–Trinajstić information content (AvgIpc) is 2.90. The van der Waals surface area contributed by atoms with Gasteiger partial charge in [-0.05, 0) is 48.7 Å². The molecule has 0 spiro atoms. The lowest BCUT2D eigenvalue weighted by molar-refractivity contribution is 0.101. The molecule has 0 unspecified atom stereocenters. The number of benzene rings is 2. The van der Waals surface area contributed by atoms with Crippen molar-refractivity contribution in [2.24, 2.45) is 0 Å². The molecular weight excluding hydrogens is 318 g/mol. The molecular formula is C20H21NO4. The lowest BCUT2D eigenvalue weighted by Gasteiger charge is -2.09. The normalized spacial score (nSPS) is 11.2. The Morgan fingerprint density at radius 3 is 2.52 bits per heavy atom. The quantitative estimate of drug-likeness (QED) is 0.637. The third kappa shape index (κ3) is 3.65. The van der Waals surface area contributed by atoms with Crippen LogP contribution >= 0.6 is 0 Å². The number of oxazole rings is 1. The lowest BCUT2D eigenvalue weighted by Crippen LogP contribution is -2.18. The lowest BCUT2D eigenvalue weighted by atomic mass is 10.0. The molecule has 0 bridgehead atoms. The third-order valence-corrected chi connectivity index (χ3v) is 4.21. The largest absolute Gasteiger partial charge is 0.492 e. The fourth-order valence-electron chi connectivity index (χ4n) is 2.70. The number of aromatic nitrogens is 1. The second kappa shape index (κ2) is 6.97. The van der Waals surface area contributed by atoms with Crippen molar-refractivity contribution in [1.29, 1.82) is 0 Å². The van der Waals surface area contributed by atoms with Gasteiger partial charge in [-0.1, -0.05) is 26.0 Å². The summed E-state index contributed by atoms with van der Waals surface area (Å²) >= 11 is 0. The maximum absolute atomic E-state index is 12.0. The van der Waals surface area contributed by atoms with E-state index >= 15 is 0 Å². The smallest absolute Gasteiger partial charge is 0.420 e. The molecule has 3 aromatic rings. The summed E-state index contributed by atoms with van der Waals surface area (Å²) in [7, 11) is 0. The molecule has 3 rings (SSSR count). The number of fused-ring (bicyclic) bond motifs is 1. The predicted octanol–water partition coefficient (Wildman–Crippen LogP) is 4.00. The number of Topliss-reactive ketones (excluding diaryl/α,β-unsaturated/α-hetero) is 1. The molecule has 0 saturated heterocycles. The highest BCUT2D eigenvalue weighted by Gasteiger charge is 2.11. The zero-order chi connectivity index (χ0) is 18.0. The van der Waals surface area contributed by atoms with Gasteiger partial charge in [-0.25, -0.2) is 4.79 Å². The molecule has 0 aliphatic carbocycles. The first-order chi connectivity index (χ1) is 12.0. The summed E-state index contributed by atoms with van der Waals surface area (Å²) in [5, 5.41) is 0. The van der Waals surface area contributed by atoms with E-state index in [1.54, 1.807) is 18.2 Å². The molecule has 0 amide bonds. The van der Waals surface area contributed by atoms with E-state index in [1.807, 2.05) is 24.3 Å². The summed E-state index contributed by atoms with van der Waals surface area (Å²) in [6.07, 6.45) is 0. The number of ketones is 1. The zero-order valence-electron chi connectivity index (χ0n) is 14.6. The van der Waals surface area contributed by atoms with Crippen LogP contribution in [0.2, 0.25) is 0 Å². The van der Waals surface area contributed by atoms with Crippen LogP contribution in [0.5, 0.6) is 5.75 Å². The van der Waals surface area contributed by atoms with E-state index in [0.717, 1.165) is 5.75 Å². The molecule has 5 heteroatoms. The van der Waals surface area contributed by atoms with Crippen molar-refractivity contribution in [3.63, 3.8) is 0 Å². The van der Waals surface area contributed by atoms with Crippen LogP contribution in [0, 0.1) is 0 Å². The van der Waals surface area contributed by atoms with Crippen LogP contribution in [0.25, 0.3) is 11.1 Å². The number of hydrogen-bond acceptors (Lipinski definition) is 4. The fourth-order valence-corrected chi connectivity index (χ4v) is 2.70. The van der Waals surface area contributed by atoms with Crippen molar-refractivity contribution in [3.8, 4) is 5.75 Å². The molecule has 0 atom stereocenters. The summed E-state index contributed by atoms with van der Waals surface area (Å²) < 4.78 is 12.5. The first-order valence-corrected chi connectivity index (χ1v) is 8.33. The van der Waals surface area contributed by atoms with E-state index in [0.29, 0.717) is 35.7 Å². The summed E-state index contributed by atoms with van der Waals surface area (Å²) in [4.78, 5) is 23.5.